The van der Waals surface area contributed by atoms with Crippen molar-refractivity contribution in [2.75, 3.05) is 7.11 Å². The first-order valence-electron chi connectivity index (χ1n) is 5.30. The number of methoxy groups -OCH3 is 1. The summed E-state index contributed by atoms with van der Waals surface area (Å²) >= 11 is 0. The fraction of sp³-hybridized carbons (Fsp3) is 0.500. The normalized spacial score (nSPS) is 16.9. The molecule has 0 saturated heterocycles. The number of aromatic nitrogens is 1. The summed E-state index contributed by atoms with van der Waals surface area (Å²) in [6, 6.07) is 1.50. The van der Waals surface area contributed by atoms with Gasteiger partial charge in [-0.25, -0.2) is 4.79 Å². The van der Waals surface area contributed by atoms with Crippen molar-refractivity contribution in [1.82, 2.24) is 4.57 Å². The quantitative estimate of drug-likeness (QED) is 0.710. The van der Waals surface area contributed by atoms with E-state index in [4.69, 9.17) is 4.74 Å². The Morgan fingerprint density at radius 3 is 2.62 bits per heavy atom. The fourth-order valence-corrected chi connectivity index (χ4v) is 1.79. The second kappa shape index (κ2) is 3.47. The van der Waals surface area contributed by atoms with Crippen molar-refractivity contribution in [3.63, 3.8) is 0 Å². The third-order valence-corrected chi connectivity index (χ3v) is 3.22. The molecular formula is C12H15NO3. The van der Waals surface area contributed by atoms with Gasteiger partial charge >= 0.3 is 5.97 Å². The Morgan fingerprint density at radius 2 is 2.12 bits per heavy atom. The molecule has 0 radical (unpaired) electrons. The molecule has 0 atom stereocenters. The highest BCUT2D eigenvalue weighted by molar-refractivity contribution is 5.90. The van der Waals surface area contributed by atoms with Crippen LogP contribution in [0.25, 0.3) is 0 Å². The van der Waals surface area contributed by atoms with Crippen LogP contribution in [0, 0.1) is 6.92 Å². The molecule has 1 fully saturated rings. The second-order valence-electron chi connectivity index (χ2n) is 4.57. The molecule has 1 aromatic heterocycles. The molecule has 86 valence electrons. The average Bonchev–Trinajstić information content (AvgIpc) is 2.96. The molecule has 0 aliphatic heterocycles. The molecule has 0 N–H and O–H groups in total. The lowest BCUT2D eigenvalue weighted by Gasteiger charge is -2.15. The Balaban J connectivity index is 2.56. The molecule has 1 aromatic rings. The van der Waals surface area contributed by atoms with E-state index in [1.807, 2.05) is 6.92 Å². The van der Waals surface area contributed by atoms with Crippen molar-refractivity contribution in [3.8, 4) is 0 Å². The second-order valence-corrected chi connectivity index (χ2v) is 4.57. The van der Waals surface area contributed by atoms with E-state index in [0.717, 1.165) is 12.8 Å². The van der Waals surface area contributed by atoms with Crippen LogP contribution < -0.4 is 5.56 Å². The summed E-state index contributed by atoms with van der Waals surface area (Å²) in [7, 11) is 1.34. The molecule has 1 aliphatic rings. The first kappa shape index (κ1) is 10.9. The zero-order valence-corrected chi connectivity index (χ0v) is 9.74. The predicted octanol–water partition coefficient (Wildman–Crippen LogP) is 1.45. The Kier molecular flexibility index (Phi) is 2.37. The van der Waals surface area contributed by atoms with Crippen molar-refractivity contribution in [1.29, 1.82) is 0 Å². The molecule has 1 aliphatic carbocycles. The molecule has 4 nitrogen and oxygen atoms in total. The Morgan fingerprint density at radius 1 is 1.50 bits per heavy atom. The molecule has 1 saturated carbocycles. The van der Waals surface area contributed by atoms with E-state index in [1.54, 1.807) is 17.7 Å². The lowest BCUT2D eigenvalue weighted by atomic mass is 10.1. The third kappa shape index (κ3) is 1.64. The number of aryl methyl sites for hydroxylation is 1. The highest BCUT2D eigenvalue weighted by Gasteiger charge is 2.40. The number of carbonyl (C=O) groups excluding carboxylic acids is 1. The number of pyridine rings is 1. The van der Waals surface area contributed by atoms with Gasteiger partial charge in [0.25, 0.3) is 5.56 Å². The van der Waals surface area contributed by atoms with Gasteiger partial charge in [0.2, 0.25) is 0 Å². The van der Waals surface area contributed by atoms with Gasteiger partial charge in [0.15, 0.2) is 0 Å². The minimum atomic E-state index is -0.393. The SMILES string of the molecule is COC(=O)c1cn(C2(C)CC2)c(=O)cc1C. The van der Waals surface area contributed by atoms with Crippen molar-refractivity contribution in [2.45, 2.75) is 32.2 Å². The van der Waals surface area contributed by atoms with E-state index in [-0.39, 0.29) is 11.1 Å². The highest BCUT2D eigenvalue weighted by atomic mass is 16.5. The van der Waals surface area contributed by atoms with Crippen LogP contribution >= 0.6 is 0 Å². The number of nitrogens with zero attached hydrogens (tertiary/aromatic N) is 1. The Labute approximate surface area is 93.8 Å². The van der Waals surface area contributed by atoms with Crippen molar-refractivity contribution >= 4 is 5.97 Å². The van der Waals surface area contributed by atoms with Crippen molar-refractivity contribution in [3.05, 3.63) is 33.7 Å². The zero-order valence-electron chi connectivity index (χ0n) is 9.74. The Hall–Kier alpha value is -1.58. The number of hydrogen-bond donors (Lipinski definition) is 0. The summed E-state index contributed by atoms with van der Waals surface area (Å²) in [5.41, 5.74) is 0.978. The van der Waals surface area contributed by atoms with Crippen LogP contribution in [0.15, 0.2) is 17.1 Å². The van der Waals surface area contributed by atoms with E-state index in [0.29, 0.717) is 11.1 Å². The molecule has 4 heteroatoms. The Bertz CT molecular complexity index is 497. The molecule has 2 rings (SSSR count). The van der Waals surface area contributed by atoms with Crippen LogP contribution in [0.3, 0.4) is 0 Å². The third-order valence-electron chi connectivity index (χ3n) is 3.22. The van der Waals surface area contributed by atoms with E-state index in [1.165, 1.54) is 13.2 Å². The van der Waals surface area contributed by atoms with E-state index in [9.17, 15) is 9.59 Å². The van der Waals surface area contributed by atoms with Gasteiger partial charge in [-0.2, -0.15) is 0 Å². The monoisotopic (exact) mass is 221 g/mol. The van der Waals surface area contributed by atoms with Crippen LogP contribution in [0.2, 0.25) is 0 Å². The van der Waals surface area contributed by atoms with Crippen molar-refractivity contribution in [2.24, 2.45) is 0 Å². The molecular weight excluding hydrogens is 206 g/mol. The summed E-state index contributed by atoms with van der Waals surface area (Å²) in [6.07, 6.45) is 3.59. The smallest absolute Gasteiger partial charge is 0.339 e. The summed E-state index contributed by atoms with van der Waals surface area (Å²) in [6.45, 7) is 3.76. The van der Waals surface area contributed by atoms with Gasteiger partial charge in [0.05, 0.1) is 12.7 Å². The minimum absolute atomic E-state index is 0.0508. The van der Waals surface area contributed by atoms with Crippen LogP contribution in [-0.4, -0.2) is 17.6 Å². The lowest BCUT2D eigenvalue weighted by Crippen LogP contribution is -2.29. The molecule has 1 heterocycles. The molecule has 16 heavy (non-hydrogen) atoms. The molecule has 0 spiro atoms. The fourth-order valence-electron chi connectivity index (χ4n) is 1.79. The van der Waals surface area contributed by atoms with Crippen LogP contribution in [0.5, 0.6) is 0 Å². The summed E-state index contributed by atoms with van der Waals surface area (Å²) in [5, 5.41) is 0. The van der Waals surface area contributed by atoms with Gasteiger partial charge in [-0.05, 0) is 32.3 Å². The minimum Gasteiger partial charge on any atom is -0.465 e. The molecule has 0 aromatic carbocycles. The van der Waals surface area contributed by atoms with Gasteiger partial charge in [-0.15, -0.1) is 0 Å². The standard InChI is InChI=1S/C12H15NO3/c1-8-6-10(14)13(12(2)4-5-12)7-9(8)11(15)16-3/h6-7H,4-5H2,1-3H3. The number of esters is 1. The van der Waals surface area contributed by atoms with Gasteiger partial charge in [0.1, 0.15) is 0 Å². The lowest BCUT2D eigenvalue weighted by molar-refractivity contribution is 0.0598. The topological polar surface area (TPSA) is 48.3 Å². The summed E-state index contributed by atoms with van der Waals surface area (Å²) < 4.78 is 6.34. The number of carbonyl (C=O) groups is 1. The molecule has 0 bridgehead atoms. The van der Waals surface area contributed by atoms with Gasteiger partial charge in [-0.1, -0.05) is 0 Å². The summed E-state index contributed by atoms with van der Waals surface area (Å²) in [5.74, 6) is -0.393. The van der Waals surface area contributed by atoms with Crippen LogP contribution in [0.1, 0.15) is 35.7 Å². The molecule has 0 amide bonds. The predicted molar refractivity (Wildman–Crippen MR) is 59.7 cm³/mol. The average molecular weight is 221 g/mol. The maximum Gasteiger partial charge on any atom is 0.339 e. The van der Waals surface area contributed by atoms with Crippen LogP contribution in [0.4, 0.5) is 0 Å². The van der Waals surface area contributed by atoms with Gasteiger partial charge in [-0.3, -0.25) is 4.79 Å². The van der Waals surface area contributed by atoms with E-state index < -0.39 is 5.97 Å². The largest absolute Gasteiger partial charge is 0.465 e. The first-order chi connectivity index (χ1) is 7.48. The molecule has 0 unspecified atom stereocenters. The van der Waals surface area contributed by atoms with Crippen molar-refractivity contribution < 1.29 is 9.53 Å². The maximum absolute atomic E-state index is 11.8. The number of rotatable bonds is 2. The number of hydrogen-bond acceptors (Lipinski definition) is 3. The zero-order chi connectivity index (χ0) is 11.9. The van der Waals surface area contributed by atoms with Crippen LogP contribution in [-0.2, 0) is 10.3 Å². The van der Waals surface area contributed by atoms with E-state index >= 15 is 0 Å². The van der Waals surface area contributed by atoms with Gasteiger partial charge in [0, 0.05) is 17.8 Å². The van der Waals surface area contributed by atoms with E-state index in [2.05, 4.69) is 0 Å². The highest BCUT2D eigenvalue weighted by Crippen LogP contribution is 2.41. The number of ether oxygens (including phenoxy) is 1. The maximum atomic E-state index is 11.8. The summed E-state index contributed by atoms with van der Waals surface area (Å²) in [4.78, 5) is 23.3. The van der Waals surface area contributed by atoms with Gasteiger partial charge < -0.3 is 9.30 Å². The first-order valence-corrected chi connectivity index (χ1v) is 5.30.